The maximum atomic E-state index is 11.8. The van der Waals surface area contributed by atoms with Crippen LogP contribution in [0, 0.1) is 0 Å². The number of fused-ring (bicyclic) bond motifs is 1. The van der Waals surface area contributed by atoms with E-state index in [0.717, 1.165) is 16.5 Å². The van der Waals surface area contributed by atoms with Crippen LogP contribution in [0.5, 0.6) is 0 Å². The molecule has 1 amide bonds. The summed E-state index contributed by atoms with van der Waals surface area (Å²) >= 11 is 0. The molecule has 18 heavy (non-hydrogen) atoms. The third-order valence-electron chi connectivity index (χ3n) is 2.76. The Morgan fingerprint density at radius 2 is 2.28 bits per heavy atom. The first-order valence-corrected chi connectivity index (χ1v) is 5.66. The number of nitrogens with zero attached hydrogens (tertiary/aromatic N) is 1. The first-order chi connectivity index (χ1) is 8.81. The zero-order valence-electron chi connectivity index (χ0n) is 9.60. The van der Waals surface area contributed by atoms with Crippen molar-refractivity contribution < 1.29 is 4.79 Å². The van der Waals surface area contributed by atoms with E-state index in [9.17, 15) is 4.79 Å². The van der Waals surface area contributed by atoms with Crippen molar-refractivity contribution >= 4 is 22.5 Å². The van der Waals surface area contributed by atoms with E-state index >= 15 is 0 Å². The Kier molecular flexibility index (Phi) is 2.57. The number of carbonyl (C=O) groups is 1. The average Bonchev–Trinajstić information content (AvgIpc) is 2.98. The van der Waals surface area contributed by atoms with Crippen LogP contribution in [0.3, 0.4) is 0 Å². The Bertz CT molecular complexity index is 669. The fraction of sp³-hybridized carbons (Fsp3) is 0.0769. The molecule has 90 valence electrons. The van der Waals surface area contributed by atoms with Gasteiger partial charge in [0.15, 0.2) is 0 Å². The molecule has 0 aliphatic carbocycles. The van der Waals surface area contributed by atoms with Crippen LogP contribution in [0.25, 0.3) is 10.9 Å². The highest BCUT2D eigenvalue weighted by molar-refractivity contribution is 5.92. The molecular formula is C13H12N4O. The van der Waals surface area contributed by atoms with Gasteiger partial charge in [-0.2, -0.15) is 5.10 Å². The fourth-order valence-corrected chi connectivity index (χ4v) is 1.92. The zero-order valence-corrected chi connectivity index (χ0v) is 9.60. The highest BCUT2D eigenvalue weighted by Crippen LogP contribution is 2.15. The molecule has 5 nitrogen and oxygen atoms in total. The highest BCUT2D eigenvalue weighted by atomic mass is 16.1. The van der Waals surface area contributed by atoms with Gasteiger partial charge in [0, 0.05) is 17.9 Å². The van der Waals surface area contributed by atoms with Gasteiger partial charge in [-0.3, -0.25) is 9.89 Å². The molecule has 0 spiro atoms. The van der Waals surface area contributed by atoms with Crippen LogP contribution < -0.4 is 5.32 Å². The number of rotatable bonds is 3. The summed E-state index contributed by atoms with van der Waals surface area (Å²) in [6.45, 7) is 0. The standard InChI is InChI=1S/C13H12N4O/c18-13(17-11-7-15-16-8-11)6-9-1-2-12-10(5-9)3-4-14-12/h1-5,7-8,14H,6H2,(H,15,16)(H,17,18). The molecule has 5 heteroatoms. The molecule has 3 aromatic rings. The number of aromatic amines is 2. The number of hydrogen-bond donors (Lipinski definition) is 3. The van der Waals surface area contributed by atoms with E-state index in [2.05, 4.69) is 20.5 Å². The van der Waals surface area contributed by atoms with Crippen molar-refractivity contribution in [3.05, 3.63) is 48.4 Å². The maximum absolute atomic E-state index is 11.8. The van der Waals surface area contributed by atoms with Crippen LogP contribution in [0.15, 0.2) is 42.9 Å². The van der Waals surface area contributed by atoms with Gasteiger partial charge in [-0.25, -0.2) is 0 Å². The molecule has 0 aliphatic heterocycles. The van der Waals surface area contributed by atoms with Crippen LogP contribution in [0.1, 0.15) is 5.56 Å². The third-order valence-corrected chi connectivity index (χ3v) is 2.76. The second kappa shape index (κ2) is 4.37. The summed E-state index contributed by atoms with van der Waals surface area (Å²) in [4.78, 5) is 14.9. The molecular weight excluding hydrogens is 228 g/mol. The molecule has 2 heterocycles. The molecule has 0 radical (unpaired) electrons. The lowest BCUT2D eigenvalue weighted by Gasteiger charge is -2.02. The summed E-state index contributed by atoms with van der Waals surface area (Å²) in [6, 6.07) is 7.94. The molecule has 0 atom stereocenters. The van der Waals surface area contributed by atoms with E-state index in [1.807, 2.05) is 30.5 Å². The molecule has 1 aromatic carbocycles. The summed E-state index contributed by atoms with van der Waals surface area (Å²) in [7, 11) is 0. The predicted molar refractivity (Wildman–Crippen MR) is 69.2 cm³/mol. The predicted octanol–water partition coefficient (Wildman–Crippen LogP) is 2.07. The van der Waals surface area contributed by atoms with Crippen molar-refractivity contribution in [2.75, 3.05) is 5.32 Å². The first kappa shape index (κ1) is 10.6. The second-order valence-corrected chi connectivity index (χ2v) is 4.11. The molecule has 0 saturated heterocycles. The third kappa shape index (κ3) is 2.10. The van der Waals surface area contributed by atoms with E-state index in [0.29, 0.717) is 12.1 Å². The Balaban J connectivity index is 1.73. The van der Waals surface area contributed by atoms with Gasteiger partial charge in [0.1, 0.15) is 0 Å². The minimum Gasteiger partial charge on any atom is -0.361 e. The molecule has 0 saturated carbocycles. The van der Waals surface area contributed by atoms with Gasteiger partial charge in [-0.1, -0.05) is 6.07 Å². The topological polar surface area (TPSA) is 73.6 Å². The molecule has 0 bridgehead atoms. The van der Waals surface area contributed by atoms with Crippen LogP contribution >= 0.6 is 0 Å². The monoisotopic (exact) mass is 240 g/mol. The van der Waals surface area contributed by atoms with Crippen LogP contribution in [0.4, 0.5) is 5.69 Å². The molecule has 0 fully saturated rings. The van der Waals surface area contributed by atoms with Gasteiger partial charge < -0.3 is 10.3 Å². The Labute approximate surface area is 103 Å². The van der Waals surface area contributed by atoms with Crippen LogP contribution in [0.2, 0.25) is 0 Å². The van der Waals surface area contributed by atoms with E-state index in [-0.39, 0.29) is 5.91 Å². The summed E-state index contributed by atoms with van der Waals surface area (Å²) in [5.41, 5.74) is 2.75. The smallest absolute Gasteiger partial charge is 0.228 e. The second-order valence-electron chi connectivity index (χ2n) is 4.11. The number of nitrogens with one attached hydrogen (secondary N) is 3. The van der Waals surface area contributed by atoms with Crippen molar-refractivity contribution in [2.24, 2.45) is 0 Å². The number of hydrogen-bond acceptors (Lipinski definition) is 2. The molecule has 0 aliphatic rings. The van der Waals surface area contributed by atoms with Crippen LogP contribution in [-0.2, 0) is 11.2 Å². The Morgan fingerprint density at radius 1 is 1.33 bits per heavy atom. The van der Waals surface area contributed by atoms with E-state index in [1.165, 1.54) is 0 Å². The van der Waals surface area contributed by atoms with E-state index in [1.54, 1.807) is 12.4 Å². The van der Waals surface area contributed by atoms with Crippen molar-refractivity contribution in [1.29, 1.82) is 0 Å². The first-order valence-electron chi connectivity index (χ1n) is 5.66. The quantitative estimate of drug-likeness (QED) is 0.655. The van der Waals surface area contributed by atoms with E-state index < -0.39 is 0 Å². The SMILES string of the molecule is O=C(Cc1ccc2[nH]ccc2c1)Nc1cn[nH]c1. The highest BCUT2D eigenvalue weighted by Gasteiger charge is 2.05. The molecule has 3 rings (SSSR count). The van der Waals surface area contributed by atoms with Crippen molar-refractivity contribution in [1.82, 2.24) is 15.2 Å². The number of H-pyrrole nitrogens is 2. The number of carbonyl (C=O) groups excluding carboxylic acids is 1. The van der Waals surface area contributed by atoms with Gasteiger partial charge >= 0.3 is 0 Å². The van der Waals surface area contributed by atoms with Gasteiger partial charge in [-0.05, 0) is 29.1 Å². The fourth-order valence-electron chi connectivity index (χ4n) is 1.92. The lowest BCUT2D eigenvalue weighted by Crippen LogP contribution is -2.13. The number of aromatic nitrogens is 3. The number of benzene rings is 1. The zero-order chi connectivity index (χ0) is 12.4. The largest absolute Gasteiger partial charge is 0.361 e. The van der Waals surface area contributed by atoms with Crippen molar-refractivity contribution in [3.63, 3.8) is 0 Å². The normalized spacial score (nSPS) is 10.7. The average molecular weight is 240 g/mol. The molecule has 0 unspecified atom stereocenters. The van der Waals surface area contributed by atoms with Gasteiger partial charge in [-0.15, -0.1) is 0 Å². The maximum Gasteiger partial charge on any atom is 0.228 e. The van der Waals surface area contributed by atoms with Gasteiger partial charge in [0.25, 0.3) is 0 Å². The van der Waals surface area contributed by atoms with Crippen LogP contribution in [-0.4, -0.2) is 21.1 Å². The minimum atomic E-state index is -0.0497. The Morgan fingerprint density at radius 3 is 3.11 bits per heavy atom. The minimum absolute atomic E-state index is 0.0497. The lowest BCUT2D eigenvalue weighted by atomic mass is 10.1. The summed E-state index contributed by atoms with van der Waals surface area (Å²) in [5.74, 6) is -0.0497. The van der Waals surface area contributed by atoms with E-state index in [4.69, 9.17) is 0 Å². The van der Waals surface area contributed by atoms with Crippen molar-refractivity contribution in [3.8, 4) is 0 Å². The lowest BCUT2D eigenvalue weighted by molar-refractivity contribution is -0.115. The van der Waals surface area contributed by atoms with Crippen molar-refractivity contribution in [2.45, 2.75) is 6.42 Å². The van der Waals surface area contributed by atoms with Gasteiger partial charge in [0.2, 0.25) is 5.91 Å². The molecule has 3 N–H and O–H groups in total. The van der Waals surface area contributed by atoms with Gasteiger partial charge in [0.05, 0.1) is 18.3 Å². The summed E-state index contributed by atoms with van der Waals surface area (Å²) in [5, 5.41) is 10.3. The Hall–Kier alpha value is -2.56. The number of anilines is 1. The number of amides is 1. The summed E-state index contributed by atoms with van der Waals surface area (Å²) < 4.78 is 0. The molecule has 2 aromatic heterocycles. The summed E-state index contributed by atoms with van der Waals surface area (Å²) in [6.07, 6.45) is 5.47.